The Morgan fingerprint density at radius 2 is 1.17 bits per heavy atom. The molecule has 5 atom stereocenters. The lowest BCUT2D eigenvalue weighted by molar-refractivity contribution is -0.312. The van der Waals surface area contributed by atoms with Gasteiger partial charge >= 0.3 is 5.97 Å². The van der Waals surface area contributed by atoms with Gasteiger partial charge in [0, 0.05) is 6.92 Å². The molecule has 1 fully saturated rings. The molecular formula is C31H32Cl3NO7. The fraction of sp³-hybridized carbons (Fsp3) is 0.355. The number of carbonyl (C=O) groups excluding carboxylic acids is 1. The van der Waals surface area contributed by atoms with E-state index in [1.165, 1.54) is 6.92 Å². The van der Waals surface area contributed by atoms with Crippen molar-refractivity contribution in [2.75, 3.05) is 6.61 Å². The molecule has 11 heteroatoms. The highest BCUT2D eigenvalue weighted by atomic mass is 35.6. The fourth-order valence-electron chi connectivity index (χ4n) is 4.36. The van der Waals surface area contributed by atoms with Crippen LogP contribution in [0.1, 0.15) is 23.6 Å². The second-order valence-electron chi connectivity index (χ2n) is 9.57. The lowest BCUT2D eigenvalue weighted by Gasteiger charge is -2.45. The molecule has 1 aliphatic heterocycles. The molecule has 0 aromatic heterocycles. The molecule has 0 unspecified atom stereocenters. The highest BCUT2D eigenvalue weighted by Crippen LogP contribution is 2.34. The Hall–Kier alpha value is -2.69. The van der Waals surface area contributed by atoms with Crippen LogP contribution in [-0.2, 0) is 53.0 Å². The molecular weight excluding hydrogens is 605 g/mol. The minimum atomic E-state index is -2.15. The third kappa shape index (κ3) is 9.67. The van der Waals surface area contributed by atoms with Gasteiger partial charge in [0.1, 0.15) is 31.0 Å². The fourth-order valence-corrected chi connectivity index (χ4v) is 4.49. The Balaban J connectivity index is 1.68. The zero-order chi connectivity index (χ0) is 30.0. The number of carbonyl (C=O) groups is 1. The van der Waals surface area contributed by atoms with Gasteiger partial charge in [0.05, 0.1) is 19.8 Å². The van der Waals surface area contributed by atoms with E-state index in [0.29, 0.717) is 0 Å². The summed E-state index contributed by atoms with van der Waals surface area (Å²) < 4.78 is 34.4. The Kier molecular flexibility index (Phi) is 12.0. The molecule has 3 aromatic rings. The van der Waals surface area contributed by atoms with Gasteiger partial charge in [-0.3, -0.25) is 10.2 Å². The average molecular weight is 637 g/mol. The molecule has 4 rings (SSSR count). The Morgan fingerprint density at radius 1 is 0.738 bits per heavy atom. The quantitative estimate of drug-likeness (QED) is 0.106. The van der Waals surface area contributed by atoms with Crippen molar-refractivity contribution in [3.05, 3.63) is 108 Å². The lowest BCUT2D eigenvalue weighted by atomic mass is 9.97. The summed E-state index contributed by atoms with van der Waals surface area (Å²) in [6.45, 7) is 1.71. The number of rotatable bonds is 12. The minimum Gasteiger partial charge on any atom is -0.463 e. The third-order valence-electron chi connectivity index (χ3n) is 6.39. The van der Waals surface area contributed by atoms with Gasteiger partial charge in [-0.05, 0) is 16.7 Å². The minimum absolute atomic E-state index is 0.168. The maximum atomic E-state index is 11.8. The first-order valence-electron chi connectivity index (χ1n) is 13.3. The van der Waals surface area contributed by atoms with E-state index in [-0.39, 0.29) is 26.4 Å². The number of hydrogen-bond donors (Lipinski definition) is 1. The van der Waals surface area contributed by atoms with Crippen molar-refractivity contribution in [2.45, 2.75) is 61.2 Å². The summed E-state index contributed by atoms with van der Waals surface area (Å²) in [5, 5.41) is 8.23. The number of nitrogens with one attached hydrogen (secondary N) is 1. The molecule has 0 spiro atoms. The predicted molar refractivity (Wildman–Crippen MR) is 159 cm³/mol. The summed E-state index contributed by atoms with van der Waals surface area (Å²) in [5.41, 5.74) is 2.72. The Morgan fingerprint density at radius 3 is 1.60 bits per heavy atom. The summed E-state index contributed by atoms with van der Waals surface area (Å²) in [6.07, 6.45) is -4.69. The average Bonchev–Trinajstić information content (AvgIpc) is 2.98. The predicted octanol–water partition coefficient (Wildman–Crippen LogP) is 6.39. The lowest BCUT2D eigenvalue weighted by Crippen LogP contribution is -2.62. The van der Waals surface area contributed by atoms with Crippen LogP contribution in [0.15, 0.2) is 91.0 Å². The molecule has 0 bridgehead atoms. The second kappa shape index (κ2) is 15.7. The van der Waals surface area contributed by atoms with Crippen LogP contribution in [0.3, 0.4) is 0 Å². The summed E-state index contributed by atoms with van der Waals surface area (Å²) >= 11 is 17.8. The zero-order valence-corrected chi connectivity index (χ0v) is 25.1. The molecule has 0 saturated carbocycles. The van der Waals surface area contributed by atoms with Crippen molar-refractivity contribution in [3.63, 3.8) is 0 Å². The zero-order valence-electron chi connectivity index (χ0n) is 22.9. The topological polar surface area (TPSA) is 96.3 Å². The summed E-state index contributed by atoms with van der Waals surface area (Å²) in [6, 6.07) is 28.7. The third-order valence-corrected chi connectivity index (χ3v) is 6.90. The maximum absolute atomic E-state index is 11.8. The largest absolute Gasteiger partial charge is 0.463 e. The highest BCUT2D eigenvalue weighted by molar-refractivity contribution is 6.76. The van der Waals surface area contributed by atoms with Crippen molar-refractivity contribution in [2.24, 2.45) is 0 Å². The van der Waals surface area contributed by atoms with Gasteiger partial charge in [-0.15, -0.1) is 0 Å². The summed E-state index contributed by atoms with van der Waals surface area (Å²) in [7, 11) is 0. The van der Waals surface area contributed by atoms with Crippen LogP contribution >= 0.6 is 34.8 Å². The van der Waals surface area contributed by atoms with Gasteiger partial charge in [-0.2, -0.15) is 0 Å². The first-order valence-corrected chi connectivity index (χ1v) is 14.4. The SMILES string of the molecule is CC(=O)OC[C@H]1O[C@@H](OC(=N)C(Cl)(Cl)Cl)[C@H](OCc2ccccc2)[C@@H](OCc2ccccc2)[C@@H]1OCc1ccccc1. The smallest absolute Gasteiger partial charge is 0.302 e. The number of benzene rings is 3. The summed E-state index contributed by atoms with van der Waals surface area (Å²) in [5.74, 6) is -1.17. The van der Waals surface area contributed by atoms with E-state index in [4.69, 9.17) is 68.6 Å². The maximum Gasteiger partial charge on any atom is 0.302 e. The van der Waals surface area contributed by atoms with Crippen molar-refractivity contribution in [3.8, 4) is 0 Å². The second-order valence-corrected chi connectivity index (χ2v) is 11.9. The first kappa shape index (κ1) is 32.2. The number of ether oxygens (including phenoxy) is 6. The molecule has 0 radical (unpaired) electrons. The van der Waals surface area contributed by atoms with E-state index in [9.17, 15) is 4.79 Å². The van der Waals surface area contributed by atoms with Crippen LogP contribution in [0.25, 0.3) is 0 Å². The molecule has 0 aliphatic carbocycles. The van der Waals surface area contributed by atoms with Gasteiger partial charge < -0.3 is 28.4 Å². The number of esters is 1. The van der Waals surface area contributed by atoms with Gasteiger partial charge in [0.25, 0.3) is 3.79 Å². The standard InChI is InChI=1S/C31H32Cl3NO7/c1-21(36)37-20-25-26(38-17-22-11-5-2-6-12-22)27(39-18-23-13-7-3-8-14-23)28(40-19-24-15-9-4-10-16-24)29(41-25)42-30(35)31(32,33)34/h2-16,25-29,35H,17-20H2,1H3/t25-,26-,27+,28-,29+/m1/s1. The molecule has 1 heterocycles. The van der Waals surface area contributed by atoms with E-state index in [1.54, 1.807) is 0 Å². The monoisotopic (exact) mass is 635 g/mol. The van der Waals surface area contributed by atoms with Crippen LogP contribution in [0.5, 0.6) is 0 Å². The van der Waals surface area contributed by atoms with Gasteiger partial charge in [0.2, 0.25) is 12.2 Å². The van der Waals surface area contributed by atoms with Gasteiger partial charge in [-0.25, -0.2) is 0 Å². The molecule has 1 N–H and O–H groups in total. The molecule has 8 nitrogen and oxygen atoms in total. The normalized spacial score (nSPS) is 22.3. The first-order chi connectivity index (χ1) is 20.2. The van der Waals surface area contributed by atoms with Crippen molar-refractivity contribution >= 4 is 46.7 Å². The van der Waals surface area contributed by atoms with E-state index in [0.717, 1.165) is 16.7 Å². The molecule has 224 valence electrons. The highest BCUT2D eigenvalue weighted by Gasteiger charge is 2.51. The van der Waals surface area contributed by atoms with Crippen LogP contribution < -0.4 is 0 Å². The van der Waals surface area contributed by atoms with Crippen molar-refractivity contribution < 1.29 is 33.2 Å². The van der Waals surface area contributed by atoms with Crippen LogP contribution in [0, 0.1) is 5.41 Å². The number of alkyl halides is 3. The molecule has 1 aliphatic rings. The molecule has 3 aromatic carbocycles. The number of hydrogen-bond acceptors (Lipinski definition) is 8. The van der Waals surface area contributed by atoms with E-state index in [2.05, 4.69) is 0 Å². The Bertz CT molecular complexity index is 1260. The van der Waals surface area contributed by atoms with Crippen LogP contribution in [0.4, 0.5) is 0 Å². The van der Waals surface area contributed by atoms with Crippen molar-refractivity contribution in [1.29, 1.82) is 5.41 Å². The van der Waals surface area contributed by atoms with E-state index in [1.807, 2.05) is 91.0 Å². The van der Waals surface area contributed by atoms with E-state index >= 15 is 0 Å². The van der Waals surface area contributed by atoms with Gasteiger partial charge in [-0.1, -0.05) is 126 Å². The number of halogens is 3. The van der Waals surface area contributed by atoms with Crippen LogP contribution in [0.2, 0.25) is 0 Å². The molecule has 1 saturated heterocycles. The Labute approximate surface area is 260 Å². The molecule has 42 heavy (non-hydrogen) atoms. The van der Waals surface area contributed by atoms with Gasteiger partial charge in [0.15, 0.2) is 0 Å². The van der Waals surface area contributed by atoms with Crippen molar-refractivity contribution in [1.82, 2.24) is 0 Å². The molecule has 0 amide bonds. The summed E-state index contributed by atoms with van der Waals surface area (Å²) in [4.78, 5) is 11.8. The van der Waals surface area contributed by atoms with E-state index < -0.39 is 46.4 Å². The van der Waals surface area contributed by atoms with Crippen LogP contribution in [-0.4, -0.2) is 53.0 Å².